The number of hydrogen-bond donors (Lipinski definition) is 0. The van der Waals surface area contributed by atoms with E-state index >= 15 is 0 Å². The molecule has 4 aromatic rings. The standard InChI is InChI=1S/C27H32N4O2S/c1-3-5-6-17-33-23-10-7-9-22(19-23)26(32)31(15-8-14-30-16-13-28-20-30)27-29-24-12-11-21(4-2)18-25(24)34-27/h7,9-13,16,18-20H,3-6,8,14-15,17H2,1-2H3. The second-order valence-corrected chi connectivity index (χ2v) is 9.36. The van der Waals surface area contributed by atoms with E-state index in [1.807, 2.05) is 46.0 Å². The molecule has 0 atom stereocenters. The lowest BCUT2D eigenvalue weighted by Gasteiger charge is -2.20. The third-order valence-electron chi connectivity index (χ3n) is 5.78. The van der Waals surface area contributed by atoms with E-state index in [4.69, 9.17) is 9.72 Å². The van der Waals surface area contributed by atoms with Crippen molar-refractivity contribution in [3.8, 4) is 5.75 Å². The van der Waals surface area contributed by atoms with Crippen LogP contribution < -0.4 is 9.64 Å². The Labute approximate surface area is 205 Å². The Morgan fingerprint density at radius 3 is 2.82 bits per heavy atom. The Morgan fingerprint density at radius 2 is 2.03 bits per heavy atom. The van der Waals surface area contributed by atoms with Crippen LogP contribution >= 0.6 is 11.3 Å². The van der Waals surface area contributed by atoms with Gasteiger partial charge < -0.3 is 9.30 Å². The van der Waals surface area contributed by atoms with Crippen molar-refractivity contribution < 1.29 is 9.53 Å². The van der Waals surface area contributed by atoms with Crippen LogP contribution in [0.4, 0.5) is 5.13 Å². The average molecular weight is 477 g/mol. The van der Waals surface area contributed by atoms with Crippen molar-refractivity contribution in [2.45, 2.75) is 52.5 Å². The van der Waals surface area contributed by atoms with Crippen molar-refractivity contribution >= 4 is 32.6 Å². The van der Waals surface area contributed by atoms with E-state index in [-0.39, 0.29) is 5.91 Å². The maximum atomic E-state index is 13.7. The lowest BCUT2D eigenvalue weighted by atomic mass is 10.2. The highest BCUT2D eigenvalue weighted by molar-refractivity contribution is 7.22. The molecule has 6 nitrogen and oxygen atoms in total. The number of benzene rings is 2. The first-order chi connectivity index (χ1) is 16.7. The lowest BCUT2D eigenvalue weighted by molar-refractivity contribution is 0.0986. The van der Waals surface area contributed by atoms with Gasteiger partial charge in [0.15, 0.2) is 5.13 Å². The zero-order valence-corrected chi connectivity index (χ0v) is 20.8. The first kappa shape index (κ1) is 24.0. The van der Waals surface area contributed by atoms with Gasteiger partial charge in [0.25, 0.3) is 5.91 Å². The summed E-state index contributed by atoms with van der Waals surface area (Å²) in [6.07, 6.45) is 10.6. The molecule has 1 amide bonds. The van der Waals surface area contributed by atoms with Crippen LogP contribution in [0.15, 0.2) is 61.2 Å². The minimum absolute atomic E-state index is 0.0561. The van der Waals surface area contributed by atoms with Crippen LogP contribution in [0.2, 0.25) is 0 Å². The smallest absolute Gasteiger partial charge is 0.260 e. The van der Waals surface area contributed by atoms with Gasteiger partial charge in [-0.2, -0.15) is 0 Å². The van der Waals surface area contributed by atoms with E-state index in [0.717, 1.165) is 59.7 Å². The number of aromatic nitrogens is 3. The normalized spacial score (nSPS) is 11.1. The summed E-state index contributed by atoms with van der Waals surface area (Å²) in [4.78, 5) is 24.4. The Hall–Kier alpha value is -3.19. The molecule has 4 rings (SSSR count). The number of nitrogens with zero attached hydrogens (tertiary/aromatic N) is 4. The summed E-state index contributed by atoms with van der Waals surface area (Å²) >= 11 is 1.57. The molecule has 0 aliphatic carbocycles. The molecule has 2 aromatic heterocycles. The molecule has 0 radical (unpaired) electrons. The Balaban J connectivity index is 1.56. The minimum atomic E-state index is -0.0561. The molecule has 0 N–H and O–H groups in total. The number of aryl methyl sites for hydroxylation is 2. The summed E-state index contributed by atoms with van der Waals surface area (Å²) in [5.41, 5.74) is 2.82. The fourth-order valence-electron chi connectivity index (χ4n) is 3.82. The fraction of sp³-hybridized carbons (Fsp3) is 0.370. The molecule has 7 heteroatoms. The molecule has 178 valence electrons. The summed E-state index contributed by atoms with van der Waals surface area (Å²) in [5.74, 6) is 0.677. The highest BCUT2D eigenvalue weighted by Crippen LogP contribution is 2.31. The lowest BCUT2D eigenvalue weighted by Crippen LogP contribution is -2.32. The molecule has 0 aliphatic rings. The van der Waals surface area contributed by atoms with E-state index in [9.17, 15) is 4.79 Å². The number of thiazole rings is 1. The Morgan fingerprint density at radius 1 is 1.12 bits per heavy atom. The fourth-order valence-corrected chi connectivity index (χ4v) is 4.88. The van der Waals surface area contributed by atoms with Crippen LogP contribution in [0.25, 0.3) is 10.2 Å². The van der Waals surface area contributed by atoms with E-state index in [1.165, 1.54) is 5.56 Å². The number of carbonyl (C=O) groups excluding carboxylic acids is 1. The maximum absolute atomic E-state index is 13.7. The second kappa shape index (κ2) is 11.8. The number of carbonyl (C=O) groups is 1. The number of hydrogen-bond acceptors (Lipinski definition) is 5. The molecule has 0 saturated carbocycles. The summed E-state index contributed by atoms with van der Waals surface area (Å²) in [5, 5.41) is 0.730. The number of unbranched alkanes of at least 4 members (excludes halogenated alkanes) is 2. The first-order valence-corrected chi connectivity index (χ1v) is 12.9. The zero-order chi connectivity index (χ0) is 23.8. The predicted molar refractivity (Wildman–Crippen MR) is 139 cm³/mol. The predicted octanol–water partition coefficient (Wildman–Crippen LogP) is 6.36. The molecule has 2 aromatic carbocycles. The van der Waals surface area contributed by atoms with Gasteiger partial charge in [0.05, 0.1) is 23.2 Å². The van der Waals surface area contributed by atoms with Gasteiger partial charge in [0.1, 0.15) is 5.75 Å². The monoisotopic (exact) mass is 476 g/mol. The number of rotatable bonds is 12. The van der Waals surface area contributed by atoms with Gasteiger partial charge in [-0.05, 0) is 55.2 Å². The van der Waals surface area contributed by atoms with Crippen LogP contribution in [0, 0.1) is 0 Å². The quantitative estimate of drug-likeness (QED) is 0.223. The summed E-state index contributed by atoms with van der Waals surface area (Å²) < 4.78 is 9.03. The summed E-state index contributed by atoms with van der Waals surface area (Å²) in [6.45, 7) is 6.34. The van der Waals surface area contributed by atoms with Gasteiger partial charge in [-0.25, -0.2) is 9.97 Å². The molecule has 0 spiro atoms. The molecule has 2 heterocycles. The molecule has 0 bridgehead atoms. The SMILES string of the molecule is CCCCCOc1cccc(C(=O)N(CCCn2ccnc2)c2nc3ccc(CC)cc3s2)c1. The van der Waals surface area contributed by atoms with Crippen molar-refractivity contribution in [2.75, 3.05) is 18.1 Å². The van der Waals surface area contributed by atoms with Crippen LogP contribution in [-0.4, -0.2) is 33.6 Å². The highest BCUT2D eigenvalue weighted by atomic mass is 32.1. The van der Waals surface area contributed by atoms with Crippen molar-refractivity contribution in [3.05, 3.63) is 72.3 Å². The van der Waals surface area contributed by atoms with Crippen molar-refractivity contribution in [2.24, 2.45) is 0 Å². The Bertz CT molecular complexity index is 1200. The van der Waals surface area contributed by atoms with Gasteiger partial charge in [0, 0.05) is 31.0 Å². The van der Waals surface area contributed by atoms with Crippen LogP contribution in [-0.2, 0) is 13.0 Å². The number of amides is 1. The minimum Gasteiger partial charge on any atom is -0.494 e. The topological polar surface area (TPSA) is 60.2 Å². The van der Waals surface area contributed by atoms with E-state index in [1.54, 1.807) is 23.9 Å². The van der Waals surface area contributed by atoms with Crippen LogP contribution in [0.5, 0.6) is 5.75 Å². The number of ether oxygens (including phenoxy) is 1. The molecule has 0 unspecified atom stereocenters. The summed E-state index contributed by atoms with van der Waals surface area (Å²) in [6, 6.07) is 13.8. The average Bonchev–Trinajstić information content (AvgIpc) is 3.53. The molecule has 34 heavy (non-hydrogen) atoms. The van der Waals surface area contributed by atoms with E-state index in [0.29, 0.717) is 18.7 Å². The van der Waals surface area contributed by atoms with Crippen molar-refractivity contribution in [3.63, 3.8) is 0 Å². The molecule has 0 fully saturated rings. The van der Waals surface area contributed by atoms with E-state index < -0.39 is 0 Å². The van der Waals surface area contributed by atoms with Crippen LogP contribution in [0.1, 0.15) is 55.5 Å². The highest BCUT2D eigenvalue weighted by Gasteiger charge is 2.22. The molecular weight excluding hydrogens is 444 g/mol. The molecular formula is C27H32N4O2S. The van der Waals surface area contributed by atoms with Gasteiger partial charge in [-0.3, -0.25) is 9.69 Å². The number of imidazole rings is 1. The van der Waals surface area contributed by atoms with Crippen molar-refractivity contribution in [1.82, 2.24) is 14.5 Å². The maximum Gasteiger partial charge on any atom is 0.260 e. The summed E-state index contributed by atoms with van der Waals surface area (Å²) in [7, 11) is 0. The third kappa shape index (κ3) is 6.03. The van der Waals surface area contributed by atoms with Crippen molar-refractivity contribution in [1.29, 1.82) is 0 Å². The van der Waals surface area contributed by atoms with Crippen LogP contribution in [0.3, 0.4) is 0 Å². The Kier molecular flexibility index (Phi) is 8.31. The van der Waals surface area contributed by atoms with Gasteiger partial charge >= 0.3 is 0 Å². The second-order valence-electron chi connectivity index (χ2n) is 8.35. The van der Waals surface area contributed by atoms with E-state index in [2.05, 4.69) is 31.0 Å². The first-order valence-electron chi connectivity index (χ1n) is 12.1. The largest absolute Gasteiger partial charge is 0.494 e. The molecule has 0 aliphatic heterocycles. The van der Waals surface area contributed by atoms with Gasteiger partial charge in [-0.1, -0.05) is 50.2 Å². The van der Waals surface area contributed by atoms with Gasteiger partial charge in [0.2, 0.25) is 0 Å². The number of fused-ring (bicyclic) bond motifs is 1. The number of anilines is 1. The molecule has 0 saturated heterocycles. The van der Waals surface area contributed by atoms with Gasteiger partial charge in [-0.15, -0.1) is 0 Å². The zero-order valence-electron chi connectivity index (χ0n) is 19.9. The third-order valence-corrected chi connectivity index (χ3v) is 6.82.